The van der Waals surface area contributed by atoms with Crippen LogP contribution >= 0.6 is 0 Å². The largest absolute Gasteiger partial charge is 0.378 e. The smallest absolute Gasteiger partial charge is 0.274 e. The number of benzene rings is 1. The summed E-state index contributed by atoms with van der Waals surface area (Å²) in [6, 6.07) is 9.64. The van der Waals surface area contributed by atoms with Gasteiger partial charge in [0.1, 0.15) is 0 Å². The van der Waals surface area contributed by atoms with Gasteiger partial charge in [-0.15, -0.1) is 10.2 Å². The third-order valence-electron chi connectivity index (χ3n) is 3.83. The van der Waals surface area contributed by atoms with Crippen molar-refractivity contribution in [1.82, 2.24) is 15.1 Å². The van der Waals surface area contributed by atoms with E-state index in [4.69, 9.17) is 4.74 Å². The second-order valence-corrected chi connectivity index (χ2v) is 5.65. The van der Waals surface area contributed by atoms with Gasteiger partial charge in [0.05, 0.1) is 13.2 Å². The van der Waals surface area contributed by atoms with Crippen LogP contribution in [-0.2, 0) is 4.74 Å². The van der Waals surface area contributed by atoms with Gasteiger partial charge in [-0.2, -0.15) is 0 Å². The van der Waals surface area contributed by atoms with E-state index in [0.29, 0.717) is 37.8 Å². The first-order valence-corrected chi connectivity index (χ1v) is 7.68. The van der Waals surface area contributed by atoms with Gasteiger partial charge in [-0.3, -0.25) is 4.79 Å². The normalized spacial score (nSPS) is 14.6. The summed E-state index contributed by atoms with van der Waals surface area (Å²) in [5.74, 6) is 0.523. The number of amides is 1. The maximum absolute atomic E-state index is 12.3. The number of nitrogens with zero attached hydrogens (tertiary/aromatic N) is 3. The lowest BCUT2D eigenvalue weighted by Crippen LogP contribution is -2.41. The molecule has 0 bridgehead atoms. The topological polar surface area (TPSA) is 67.4 Å². The van der Waals surface area contributed by atoms with Crippen LogP contribution in [0, 0.1) is 13.8 Å². The predicted octanol–water partition coefficient (Wildman–Crippen LogP) is 2.31. The minimum atomic E-state index is -0.0983. The number of carbonyl (C=O) groups excluding carboxylic acids is 1. The van der Waals surface area contributed by atoms with Crippen LogP contribution in [0.1, 0.15) is 21.6 Å². The van der Waals surface area contributed by atoms with Crippen LogP contribution in [0.2, 0.25) is 0 Å². The molecule has 23 heavy (non-hydrogen) atoms. The molecule has 1 aromatic heterocycles. The maximum atomic E-state index is 12.3. The number of hydrogen-bond acceptors (Lipinski definition) is 5. The van der Waals surface area contributed by atoms with Crippen molar-refractivity contribution in [3.05, 3.63) is 47.2 Å². The van der Waals surface area contributed by atoms with Crippen LogP contribution in [0.3, 0.4) is 0 Å². The zero-order chi connectivity index (χ0) is 16.2. The molecule has 0 aliphatic carbocycles. The summed E-state index contributed by atoms with van der Waals surface area (Å²) in [4.78, 5) is 14.0. The minimum Gasteiger partial charge on any atom is -0.378 e. The van der Waals surface area contributed by atoms with Gasteiger partial charge in [0.2, 0.25) is 0 Å². The molecule has 0 spiro atoms. The average molecular weight is 312 g/mol. The average Bonchev–Trinajstić information content (AvgIpc) is 2.58. The molecule has 1 fully saturated rings. The van der Waals surface area contributed by atoms with E-state index in [2.05, 4.69) is 28.5 Å². The fraction of sp³-hybridized carbons (Fsp3) is 0.353. The number of aryl methyl sites for hydroxylation is 2. The van der Waals surface area contributed by atoms with E-state index < -0.39 is 0 Å². The highest BCUT2D eigenvalue weighted by atomic mass is 16.5. The zero-order valence-corrected chi connectivity index (χ0v) is 13.4. The molecule has 1 aliphatic heterocycles. The van der Waals surface area contributed by atoms with Gasteiger partial charge in [0.25, 0.3) is 5.91 Å². The fourth-order valence-electron chi connectivity index (χ4n) is 2.53. The highest BCUT2D eigenvalue weighted by molar-refractivity contribution is 5.92. The Morgan fingerprint density at radius 1 is 1.13 bits per heavy atom. The van der Waals surface area contributed by atoms with Crippen LogP contribution in [0.4, 0.5) is 11.5 Å². The number of aromatic nitrogens is 2. The molecule has 6 nitrogen and oxygen atoms in total. The number of anilines is 2. The molecule has 1 aliphatic rings. The number of hydrogen-bond donors (Lipinski definition) is 1. The number of carbonyl (C=O) groups is 1. The van der Waals surface area contributed by atoms with Crippen molar-refractivity contribution in [3.63, 3.8) is 0 Å². The number of ether oxygens (including phenoxy) is 1. The second kappa shape index (κ2) is 6.75. The SMILES string of the molecule is Cc1ccc(Nc2ccc(C(=O)N3CCOCC3)nn2)c(C)c1. The second-order valence-electron chi connectivity index (χ2n) is 5.65. The highest BCUT2D eigenvalue weighted by Gasteiger charge is 2.19. The van der Waals surface area contributed by atoms with Gasteiger partial charge in [-0.1, -0.05) is 17.7 Å². The molecule has 6 heteroatoms. The zero-order valence-electron chi connectivity index (χ0n) is 13.4. The Morgan fingerprint density at radius 3 is 2.57 bits per heavy atom. The minimum absolute atomic E-state index is 0.0983. The molecule has 1 aromatic carbocycles. The third-order valence-corrected chi connectivity index (χ3v) is 3.83. The van der Waals surface area contributed by atoms with Crippen molar-refractivity contribution < 1.29 is 9.53 Å². The van der Waals surface area contributed by atoms with Crippen LogP contribution in [-0.4, -0.2) is 47.3 Å². The quantitative estimate of drug-likeness (QED) is 0.942. The highest BCUT2D eigenvalue weighted by Crippen LogP contribution is 2.20. The lowest BCUT2D eigenvalue weighted by atomic mass is 10.1. The lowest BCUT2D eigenvalue weighted by molar-refractivity contribution is 0.0298. The molecule has 0 atom stereocenters. The summed E-state index contributed by atoms with van der Waals surface area (Å²) in [7, 11) is 0. The standard InChI is InChI=1S/C17H20N4O2/c1-12-3-4-14(13(2)11-12)18-16-6-5-15(19-20-16)17(22)21-7-9-23-10-8-21/h3-6,11H,7-10H2,1-2H3,(H,18,20). The van der Waals surface area contributed by atoms with E-state index in [1.165, 1.54) is 5.56 Å². The molecule has 2 heterocycles. The van der Waals surface area contributed by atoms with Crippen molar-refractivity contribution in [2.75, 3.05) is 31.6 Å². The van der Waals surface area contributed by atoms with Crippen molar-refractivity contribution in [3.8, 4) is 0 Å². The third kappa shape index (κ3) is 3.65. The Hall–Kier alpha value is -2.47. The summed E-state index contributed by atoms with van der Waals surface area (Å²) in [5, 5.41) is 11.4. The van der Waals surface area contributed by atoms with E-state index in [9.17, 15) is 4.79 Å². The van der Waals surface area contributed by atoms with Gasteiger partial charge in [0.15, 0.2) is 11.5 Å². The summed E-state index contributed by atoms with van der Waals surface area (Å²) in [6.45, 7) is 6.45. The maximum Gasteiger partial charge on any atom is 0.274 e. The molecule has 2 aromatic rings. The van der Waals surface area contributed by atoms with E-state index in [-0.39, 0.29) is 5.91 Å². The molecular weight excluding hydrogens is 292 g/mol. The first-order chi connectivity index (χ1) is 11.1. The number of nitrogens with one attached hydrogen (secondary N) is 1. The van der Waals surface area contributed by atoms with Gasteiger partial charge in [0, 0.05) is 18.8 Å². The van der Waals surface area contributed by atoms with Gasteiger partial charge in [-0.05, 0) is 37.6 Å². The summed E-state index contributed by atoms with van der Waals surface area (Å²) in [5.41, 5.74) is 3.70. The van der Waals surface area contributed by atoms with E-state index in [1.807, 2.05) is 19.1 Å². The first-order valence-electron chi connectivity index (χ1n) is 7.68. The first kappa shape index (κ1) is 15.4. The van der Waals surface area contributed by atoms with Crippen LogP contribution in [0.5, 0.6) is 0 Å². The number of rotatable bonds is 3. The van der Waals surface area contributed by atoms with Crippen molar-refractivity contribution in [2.24, 2.45) is 0 Å². The molecule has 0 saturated carbocycles. The molecule has 1 saturated heterocycles. The molecule has 0 radical (unpaired) electrons. The Bertz CT molecular complexity index is 694. The molecule has 0 unspecified atom stereocenters. The van der Waals surface area contributed by atoms with Crippen LogP contribution in [0.25, 0.3) is 0 Å². The molecule has 3 rings (SSSR count). The van der Waals surface area contributed by atoms with Crippen LogP contribution in [0.15, 0.2) is 30.3 Å². The summed E-state index contributed by atoms with van der Waals surface area (Å²) >= 11 is 0. The Morgan fingerprint density at radius 2 is 1.91 bits per heavy atom. The van der Waals surface area contributed by atoms with Gasteiger partial charge < -0.3 is 15.0 Å². The molecule has 1 amide bonds. The van der Waals surface area contributed by atoms with E-state index in [0.717, 1.165) is 11.3 Å². The molecule has 120 valence electrons. The monoisotopic (exact) mass is 312 g/mol. The van der Waals surface area contributed by atoms with E-state index in [1.54, 1.807) is 17.0 Å². The Kier molecular flexibility index (Phi) is 4.52. The van der Waals surface area contributed by atoms with Crippen LogP contribution < -0.4 is 5.32 Å². The van der Waals surface area contributed by atoms with Gasteiger partial charge >= 0.3 is 0 Å². The number of morpholine rings is 1. The Labute approximate surface area is 135 Å². The Balaban J connectivity index is 1.70. The van der Waals surface area contributed by atoms with E-state index >= 15 is 0 Å². The summed E-state index contributed by atoms with van der Waals surface area (Å²) < 4.78 is 5.25. The van der Waals surface area contributed by atoms with Crippen molar-refractivity contribution in [1.29, 1.82) is 0 Å². The predicted molar refractivity (Wildman–Crippen MR) is 88.0 cm³/mol. The molecular formula is C17H20N4O2. The summed E-state index contributed by atoms with van der Waals surface area (Å²) in [6.07, 6.45) is 0. The molecule has 1 N–H and O–H groups in total. The van der Waals surface area contributed by atoms with Gasteiger partial charge in [-0.25, -0.2) is 0 Å². The van der Waals surface area contributed by atoms with Crippen molar-refractivity contribution in [2.45, 2.75) is 13.8 Å². The fourth-order valence-corrected chi connectivity index (χ4v) is 2.53. The lowest BCUT2D eigenvalue weighted by Gasteiger charge is -2.26. The van der Waals surface area contributed by atoms with Crippen molar-refractivity contribution >= 4 is 17.4 Å².